The standard InChI is InChI=1S/C31H37F4N7O4/c32-30(33)9-5-19(6-10-30)25(39-28(44)26-27(41-46-40-26)29(45)7-1-2-8-29)21-16-42-22(37-21)12-20(15-36-42)24(18-3-4-18)38-23(43)11-17-13-31(34,35)14-17/h12,15-19,24-25,45H,1-11,13-14H2,(H,38,43)(H,39,44)/t24-,25?/m1/s1. The highest BCUT2D eigenvalue weighted by Crippen LogP contribution is 2.46. The molecule has 2 amide bonds. The van der Waals surface area contributed by atoms with Crippen molar-refractivity contribution < 1.29 is 36.9 Å². The van der Waals surface area contributed by atoms with E-state index in [1.165, 1.54) is 4.52 Å². The van der Waals surface area contributed by atoms with Crippen molar-refractivity contribution in [3.05, 3.63) is 41.1 Å². The van der Waals surface area contributed by atoms with Gasteiger partial charge in [0.2, 0.25) is 17.8 Å². The van der Waals surface area contributed by atoms with Crippen molar-refractivity contribution in [3.8, 4) is 0 Å². The molecule has 11 nitrogen and oxygen atoms in total. The molecule has 4 aliphatic carbocycles. The molecule has 3 heterocycles. The Morgan fingerprint density at radius 3 is 2.33 bits per heavy atom. The lowest BCUT2D eigenvalue weighted by molar-refractivity contribution is -0.134. The molecule has 3 aromatic heterocycles. The summed E-state index contributed by atoms with van der Waals surface area (Å²) < 4.78 is 61.2. The number of aromatic nitrogens is 5. The van der Waals surface area contributed by atoms with Crippen LogP contribution in [0.3, 0.4) is 0 Å². The van der Waals surface area contributed by atoms with E-state index in [-0.39, 0.29) is 86.0 Å². The number of fused-ring (bicyclic) bond motifs is 1. The van der Waals surface area contributed by atoms with Crippen molar-refractivity contribution in [2.24, 2.45) is 17.8 Å². The maximum absolute atomic E-state index is 14.1. The molecule has 248 valence electrons. The summed E-state index contributed by atoms with van der Waals surface area (Å²) in [6.45, 7) is 0. The van der Waals surface area contributed by atoms with Gasteiger partial charge in [-0.15, -0.1) is 0 Å². The van der Waals surface area contributed by atoms with Crippen LogP contribution in [0.25, 0.3) is 5.65 Å². The van der Waals surface area contributed by atoms with Crippen LogP contribution in [-0.4, -0.2) is 53.7 Å². The first-order valence-corrected chi connectivity index (χ1v) is 16.1. The van der Waals surface area contributed by atoms with Crippen LogP contribution in [0, 0.1) is 17.8 Å². The van der Waals surface area contributed by atoms with Crippen molar-refractivity contribution in [1.82, 2.24) is 35.5 Å². The van der Waals surface area contributed by atoms with Crippen LogP contribution in [0.1, 0.15) is 123 Å². The van der Waals surface area contributed by atoms with Crippen molar-refractivity contribution in [1.29, 1.82) is 0 Å². The largest absolute Gasteiger partial charge is 0.383 e. The van der Waals surface area contributed by atoms with Gasteiger partial charge in [0.25, 0.3) is 5.91 Å². The lowest BCUT2D eigenvalue weighted by Crippen LogP contribution is -2.39. The van der Waals surface area contributed by atoms with Gasteiger partial charge in [-0.2, -0.15) is 5.10 Å². The Kier molecular flexibility index (Phi) is 7.80. The number of carbonyl (C=O) groups excluding carboxylic acids is 2. The Hall–Kier alpha value is -3.62. The molecule has 0 spiro atoms. The number of nitrogens with zero attached hydrogens (tertiary/aromatic N) is 5. The smallest absolute Gasteiger partial charge is 0.276 e. The van der Waals surface area contributed by atoms with Gasteiger partial charge in [0.1, 0.15) is 11.3 Å². The molecule has 4 saturated carbocycles. The number of hydrogen-bond acceptors (Lipinski definition) is 8. The fraction of sp³-hybridized carbons (Fsp3) is 0.677. The normalized spacial score (nSPS) is 23.9. The second-order valence-corrected chi connectivity index (χ2v) is 13.8. The summed E-state index contributed by atoms with van der Waals surface area (Å²) in [5, 5.41) is 29.2. The number of aliphatic hydroxyl groups is 1. The monoisotopic (exact) mass is 647 g/mol. The van der Waals surface area contributed by atoms with E-state index >= 15 is 0 Å². The second-order valence-electron chi connectivity index (χ2n) is 13.8. The quantitative estimate of drug-likeness (QED) is 0.255. The molecular weight excluding hydrogens is 610 g/mol. The Morgan fingerprint density at radius 1 is 0.957 bits per heavy atom. The van der Waals surface area contributed by atoms with Gasteiger partial charge in [0, 0.05) is 32.1 Å². The van der Waals surface area contributed by atoms with E-state index in [9.17, 15) is 32.3 Å². The Labute approximate surface area is 261 Å². The number of halogens is 4. The molecule has 7 rings (SSSR count). The summed E-state index contributed by atoms with van der Waals surface area (Å²) in [6.07, 6.45) is 6.63. The topological polar surface area (TPSA) is 148 Å². The molecular formula is C31H37F4N7O4. The Balaban J connectivity index is 1.13. The van der Waals surface area contributed by atoms with E-state index in [4.69, 9.17) is 9.61 Å². The molecule has 15 heteroatoms. The Morgan fingerprint density at radius 2 is 1.65 bits per heavy atom. The summed E-state index contributed by atoms with van der Waals surface area (Å²) in [4.78, 5) is 31.1. The fourth-order valence-corrected chi connectivity index (χ4v) is 7.43. The molecule has 0 aliphatic heterocycles. The number of alkyl halides is 4. The van der Waals surface area contributed by atoms with E-state index in [1.807, 2.05) is 0 Å². The third-order valence-electron chi connectivity index (χ3n) is 10.2. The van der Waals surface area contributed by atoms with Crippen molar-refractivity contribution >= 4 is 17.5 Å². The third kappa shape index (κ3) is 6.34. The van der Waals surface area contributed by atoms with Crippen molar-refractivity contribution in [2.75, 3.05) is 0 Å². The molecule has 4 fully saturated rings. The molecule has 0 saturated heterocycles. The molecule has 0 radical (unpaired) electrons. The lowest BCUT2D eigenvalue weighted by Gasteiger charge is -2.34. The average molecular weight is 648 g/mol. The van der Waals surface area contributed by atoms with E-state index < -0.39 is 29.4 Å². The second kappa shape index (κ2) is 11.6. The lowest BCUT2D eigenvalue weighted by atomic mass is 9.79. The number of hydrogen-bond donors (Lipinski definition) is 3. The van der Waals surface area contributed by atoms with Crippen LogP contribution in [0.5, 0.6) is 0 Å². The number of rotatable bonds is 10. The van der Waals surface area contributed by atoms with Crippen LogP contribution in [0.2, 0.25) is 0 Å². The summed E-state index contributed by atoms with van der Waals surface area (Å²) in [5.41, 5.74) is 0.180. The number of imidazole rings is 1. The van der Waals surface area contributed by atoms with Gasteiger partial charge in [-0.05, 0) is 73.1 Å². The van der Waals surface area contributed by atoms with Gasteiger partial charge in [-0.1, -0.05) is 18.0 Å². The number of nitrogens with one attached hydrogen (secondary N) is 2. The fourth-order valence-electron chi connectivity index (χ4n) is 7.43. The molecule has 1 unspecified atom stereocenters. The highest BCUT2D eigenvalue weighted by Gasteiger charge is 2.46. The van der Waals surface area contributed by atoms with Gasteiger partial charge in [-0.3, -0.25) is 9.59 Å². The van der Waals surface area contributed by atoms with Crippen molar-refractivity contribution in [2.45, 2.75) is 113 Å². The first-order valence-electron chi connectivity index (χ1n) is 16.1. The van der Waals surface area contributed by atoms with Crippen LogP contribution in [0.15, 0.2) is 23.1 Å². The maximum Gasteiger partial charge on any atom is 0.276 e. The van der Waals surface area contributed by atoms with Gasteiger partial charge >= 0.3 is 0 Å². The summed E-state index contributed by atoms with van der Waals surface area (Å²) in [6, 6.07) is 0.679. The SMILES string of the molecule is O=C(CC1CC(F)(F)C1)N[C@@H](c1cnn2cc(C(NC(=O)c3nonc3C3(O)CCCC3)C3CCC(F)(F)CC3)nc2c1)C1CC1. The highest BCUT2D eigenvalue weighted by molar-refractivity contribution is 5.93. The van der Waals surface area contributed by atoms with Gasteiger partial charge < -0.3 is 15.7 Å². The molecule has 3 N–H and O–H groups in total. The minimum atomic E-state index is -2.78. The predicted molar refractivity (Wildman–Crippen MR) is 153 cm³/mol. The van der Waals surface area contributed by atoms with Gasteiger partial charge in [0.15, 0.2) is 11.3 Å². The Bertz CT molecular complexity index is 1600. The first kappa shape index (κ1) is 31.0. The summed E-state index contributed by atoms with van der Waals surface area (Å²) in [5.74, 6) is -6.88. The highest BCUT2D eigenvalue weighted by atomic mass is 19.3. The van der Waals surface area contributed by atoms with E-state index in [2.05, 4.69) is 26.0 Å². The molecule has 4 aliphatic rings. The minimum absolute atomic E-state index is 0.0456. The van der Waals surface area contributed by atoms with Crippen LogP contribution in [0.4, 0.5) is 17.6 Å². The molecule has 0 aromatic carbocycles. The molecule has 3 aromatic rings. The van der Waals surface area contributed by atoms with Gasteiger partial charge in [-0.25, -0.2) is 31.7 Å². The third-order valence-corrected chi connectivity index (χ3v) is 10.2. The van der Waals surface area contributed by atoms with Crippen molar-refractivity contribution in [3.63, 3.8) is 0 Å². The first-order chi connectivity index (χ1) is 21.9. The number of amides is 2. The summed E-state index contributed by atoms with van der Waals surface area (Å²) >= 11 is 0. The van der Waals surface area contributed by atoms with Crippen LogP contribution in [-0.2, 0) is 10.4 Å². The zero-order chi connectivity index (χ0) is 32.3. The maximum atomic E-state index is 14.1. The van der Waals surface area contributed by atoms with E-state index in [0.717, 1.165) is 31.2 Å². The molecule has 2 atom stereocenters. The van der Waals surface area contributed by atoms with Crippen LogP contribution < -0.4 is 10.6 Å². The zero-order valence-corrected chi connectivity index (χ0v) is 25.2. The van der Waals surface area contributed by atoms with Crippen LogP contribution >= 0.6 is 0 Å². The molecule has 0 bridgehead atoms. The predicted octanol–water partition coefficient (Wildman–Crippen LogP) is 5.17. The molecule has 46 heavy (non-hydrogen) atoms. The van der Waals surface area contributed by atoms with E-state index in [1.54, 1.807) is 18.5 Å². The van der Waals surface area contributed by atoms with Gasteiger partial charge in [0.05, 0.1) is 30.2 Å². The summed E-state index contributed by atoms with van der Waals surface area (Å²) in [7, 11) is 0. The average Bonchev–Trinajstić information content (AvgIpc) is 3.34. The van der Waals surface area contributed by atoms with E-state index in [0.29, 0.717) is 24.2 Å². The minimum Gasteiger partial charge on any atom is -0.383 e. The number of carbonyl (C=O) groups is 2. The zero-order valence-electron chi connectivity index (χ0n) is 25.2.